The molecule has 1 heterocycles. The number of carbonyl (C=O) groups is 3. The monoisotopic (exact) mass is 516 g/mol. The second kappa shape index (κ2) is 13.7. The lowest BCUT2D eigenvalue weighted by molar-refractivity contribution is -0.141. The Labute approximate surface area is 221 Å². The maximum atomic E-state index is 13.6. The Balaban J connectivity index is 1.90. The molecule has 2 N–H and O–H groups in total. The van der Waals surface area contributed by atoms with Gasteiger partial charge in [-0.15, -0.1) is 0 Å². The first-order valence-corrected chi connectivity index (χ1v) is 13.7. The highest BCUT2D eigenvalue weighted by Crippen LogP contribution is 2.29. The van der Waals surface area contributed by atoms with Crippen molar-refractivity contribution in [2.75, 3.05) is 45.7 Å². The summed E-state index contributed by atoms with van der Waals surface area (Å²) in [5, 5.41) is 5.56. The number of rotatable bonds is 5. The van der Waals surface area contributed by atoms with Crippen molar-refractivity contribution in [2.24, 2.45) is 11.8 Å². The Morgan fingerprint density at radius 2 is 1.86 bits per heavy atom. The summed E-state index contributed by atoms with van der Waals surface area (Å²) in [6, 6.07) is 4.58. The number of hydrogen-bond acceptors (Lipinski definition) is 5. The van der Waals surface area contributed by atoms with Gasteiger partial charge in [-0.25, -0.2) is 4.79 Å². The smallest absolute Gasteiger partial charge is 0.319 e. The zero-order valence-electron chi connectivity index (χ0n) is 23.0. The molecule has 9 heteroatoms. The standard InChI is InChI=1S/C28H44N4O5/c1-6-14-29-28(35)30-22-12-13-24-23(15-22)27(34)31(4)17-25(36-5)19(2)16-32(20(3)18-37-24)26(33)21-10-8-7-9-11-21/h12-13,15,19-21,25H,6-11,14,16-18H2,1-5H3,(H2,29,30,35)/t19-,20+,25-/m0/s1. The average molecular weight is 517 g/mol. The molecular weight excluding hydrogens is 472 g/mol. The summed E-state index contributed by atoms with van der Waals surface area (Å²) in [6.07, 6.45) is 5.84. The molecule has 0 aromatic heterocycles. The van der Waals surface area contributed by atoms with Crippen LogP contribution in [0.3, 0.4) is 0 Å². The fourth-order valence-corrected chi connectivity index (χ4v) is 5.16. The predicted molar refractivity (Wildman–Crippen MR) is 144 cm³/mol. The van der Waals surface area contributed by atoms with Crippen LogP contribution in [-0.4, -0.2) is 80.2 Å². The molecule has 1 fully saturated rings. The lowest BCUT2D eigenvalue weighted by atomic mass is 9.87. The maximum absolute atomic E-state index is 13.6. The van der Waals surface area contributed by atoms with Crippen molar-refractivity contribution < 1.29 is 23.9 Å². The highest BCUT2D eigenvalue weighted by molar-refractivity contribution is 5.99. The van der Waals surface area contributed by atoms with Gasteiger partial charge in [0.1, 0.15) is 12.4 Å². The van der Waals surface area contributed by atoms with E-state index in [1.807, 2.05) is 18.7 Å². The van der Waals surface area contributed by atoms with Gasteiger partial charge in [0, 0.05) is 51.3 Å². The van der Waals surface area contributed by atoms with Crippen LogP contribution >= 0.6 is 0 Å². The molecule has 1 aromatic rings. The molecule has 1 aromatic carbocycles. The van der Waals surface area contributed by atoms with Gasteiger partial charge in [0.25, 0.3) is 5.91 Å². The number of nitrogens with one attached hydrogen (secondary N) is 2. The van der Waals surface area contributed by atoms with Gasteiger partial charge < -0.3 is 29.9 Å². The van der Waals surface area contributed by atoms with Gasteiger partial charge in [0.15, 0.2) is 0 Å². The first kappa shape index (κ1) is 28.8. The Hall–Kier alpha value is -2.81. The topological polar surface area (TPSA) is 100 Å². The molecule has 3 atom stereocenters. The van der Waals surface area contributed by atoms with Gasteiger partial charge in [0.2, 0.25) is 5.91 Å². The Bertz CT molecular complexity index is 933. The van der Waals surface area contributed by atoms with Crippen LogP contribution in [0.15, 0.2) is 18.2 Å². The molecule has 2 aliphatic rings. The second-order valence-electron chi connectivity index (χ2n) is 10.5. The van der Waals surface area contributed by atoms with E-state index in [1.165, 1.54) is 6.42 Å². The maximum Gasteiger partial charge on any atom is 0.319 e. The minimum Gasteiger partial charge on any atom is -0.491 e. The molecule has 0 saturated heterocycles. The van der Waals surface area contributed by atoms with Crippen LogP contribution in [-0.2, 0) is 9.53 Å². The summed E-state index contributed by atoms with van der Waals surface area (Å²) >= 11 is 0. The third kappa shape index (κ3) is 7.60. The SMILES string of the molecule is CCCNC(=O)Nc1ccc2c(c1)C(=O)N(C)C[C@H](OC)[C@@H](C)CN(C(=O)C1CCCCC1)[C@H](C)CO2. The zero-order chi connectivity index (χ0) is 26.9. The van der Waals surface area contributed by atoms with E-state index >= 15 is 0 Å². The molecular formula is C28H44N4O5. The number of anilines is 1. The van der Waals surface area contributed by atoms with Crippen molar-refractivity contribution in [3.63, 3.8) is 0 Å². The van der Waals surface area contributed by atoms with Crippen molar-refractivity contribution in [1.29, 1.82) is 0 Å². The van der Waals surface area contributed by atoms with Crippen molar-refractivity contribution >= 4 is 23.5 Å². The second-order valence-corrected chi connectivity index (χ2v) is 10.5. The molecule has 1 saturated carbocycles. The van der Waals surface area contributed by atoms with Gasteiger partial charge >= 0.3 is 6.03 Å². The van der Waals surface area contributed by atoms with E-state index in [9.17, 15) is 14.4 Å². The lowest BCUT2D eigenvalue weighted by Gasteiger charge is -2.38. The van der Waals surface area contributed by atoms with E-state index in [0.29, 0.717) is 36.6 Å². The zero-order valence-corrected chi connectivity index (χ0v) is 23.0. The molecule has 206 valence electrons. The van der Waals surface area contributed by atoms with E-state index in [0.717, 1.165) is 32.1 Å². The van der Waals surface area contributed by atoms with Crippen LogP contribution < -0.4 is 15.4 Å². The fraction of sp³-hybridized carbons (Fsp3) is 0.679. The van der Waals surface area contributed by atoms with Crippen molar-refractivity contribution in [3.8, 4) is 5.75 Å². The Morgan fingerprint density at radius 1 is 1.14 bits per heavy atom. The first-order chi connectivity index (χ1) is 17.7. The highest BCUT2D eigenvalue weighted by Gasteiger charge is 2.33. The number of ether oxygens (including phenoxy) is 2. The number of fused-ring (bicyclic) bond motifs is 1. The molecule has 37 heavy (non-hydrogen) atoms. The molecule has 0 spiro atoms. The number of amides is 4. The number of urea groups is 1. The molecule has 0 bridgehead atoms. The van der Waals surface area contributed by atoms with E-state index in [1.54, 1.807) is 37.3 Å². The van der Waals surface area contributed by atoms with Gasteiger partial charge in [-0.2, -0.15) is 0 Å². The van der Waals surface area contributed by atoms with Gasteiger partial charge in [0.05, 0.1) is 17.7 Å². The third-order valence-corrected chi connectivity index (χ3v) is 7.48. The van der Waals surface area contributed by atoms with Gasteiger partial charge in [-0.05, 0) is 44.4 Å². The largest absolute Gasteiger partial charge is 0.491 e. The fourth-order valence-electron chi connectivity index (χ4n) is 5.16. The quantitative estimate of drug-likeness (QED) is 0.613. The highest BCUT2D eigenvalue weighted by atomic mass is 16.5. The van der Waals surface area contributed by atoms with Crippen LogP contribution in [0.4, 0.5) is 10.5 Å². The summed E-state index contributed by atoms with van der Waals surface area (Å²) < 4.78 is 12.0. The van der Waals surface area contributed by atoms with Crippen molar-refractivity contribution in [2.45, 2.75) is 71.4 Å². The molecule has 9 nitrogen and oxygen atoms in total. The first-order valence-electron chi connectivity index (χ1n) is 13.7. The van der Waals surface area contributed by atoms with Crippen LogP contribution in [0.25, 0.3) is 0 Å². The van der Waals surface area contributed by atoms with Gasteiger partial charge in [-0.1, -0.05) is 33.1 Å². The molecule has 0 radical (unpaired) electrons. The van der Waals surface area contributed by atoms with Crippen molar-refractivity contribution in [3.05, 3.63) is 23.8 Å². The number of benzene rings is 1. The minimum absolute atomic E-state index is 0.0180. The summed E-state index contributed by atoms with van der Waals surface area (Å²) in [7, 11) is 3.38. The molecule has 0 unspecified atom stereocenters. The van der Waals surface area contributed by atoms with Gasteiger partial charge in [-0.3, -0.25) is 9.59 Å². The van der Waals surface area contributed by atoms with E-state index in [2.05, 4.69) is 17.6 Å². The lowest BCUT2D eigenvalue weighted by Crippen LogP contribution is -2.50. The van der Waals surface area contributed by atoms with Crippen LogP contribution in [0, 0.1) is 11.8 Å². The summed E-state index contributed by atoms with van der Waals surface area (Å²) in [5.41, 5.74) is 0.861. The molecule has 4 amide bonds. The molecule has 3 rings (SSSR count). The normalized spacial score (nSPS) is 23.8. The average Bonchev–Trinajstić information content (AvgIpc) is 2.91. The van der Waals surface area contributed by atoms with Crippen molar-refractivity contribution in [1.82, 2.24) is 15.1 Å². The summed E-state index contributed by atoms with van der Waals surface area (Å²) in [4.78, 5) is 42.9. The summed E-state index contributed by atoms with van der Waals surface area (Å²) in [6.45, 7) is 7.78. The van der Waals surface area contributed by atoms with Crippen LogP contribution in [0.2, 0.25) is 0 Å². The number of carbonyl (C=O) groups excluding carboxylic acids is 3. The van der Waals surface area contributed by atoms with E-state index < -0.39 is 0 Å². The van der Waals surface area contributed by atoms with Crippen LogP contribution in [0.1, 0.15) is 69.7 Å². The van der Waals surface area contributed by atoms with E-state index in [4.69, 9.17) is 9.47 Å². The number of likely N-dealkylation sites (N-methyl/N-ethyl adjacent to an activating group) is 1. The minimum atomic E-state index is -0.324. The number of hydrogen-bond donors (Lipinski definition) is 2. The number of nitrogens with zero attached hydrogens (tertiary/aromatic N) is 2. The Kier molecular flexibility index (Phi) is 10.6. The predicted octanol–water partition coefficient (Wildman–Crippen LogP) is 4.13. The molecule has 1 aliphatic heterocycles. The summed E-state index contributed by atoms with van der Waals surface area (Å²) in [5.74, 6) is 0.476. The van der Waals surface area contributed by atoms with E-state index in [-0.39, 0.29) is 48.4 Å². The van der Waals surface area contributed by atoms with Crippen LogP contribution in [0.5, 0.6) is 5.75 Å². The number of methoxy groups -OCH3 is 1. The Morgan fingerprint density at radius 3 is 2.54 bits per heavy atom. The third-order valence-electron chi connectivity index (χ3n) is 7.48. The molecule has 1 aliphatic carbocycles.